The Labute approximate surface area is 376 Å². The summed E-state index contributed by atoms with van der Waals surface area (Å²) in [5, 5.41) is 22.9. The summed E-state index contributed by atoms with van der Waals surface area (Å²) in [7, 11) is 0. The molecule has 4 heteroatoms. The Hall–Kier alpha value is -3.99. The van der Waals surface area contributed by atoms with E-state index in [9.17, 15) is 15.0 Å². The molecule has 0 fully saturated rings. The van der Waals surface area contributed by atoms with Crippen LogP contribution in [0.2, 0.25) is 0 Å². The number of carbonyl (C=O) groups is 1. The molecule has 3 N–H and O–H groups in total. The molecule has 2 atom stereocenters. The van der Waals surface area contributed by atoms with Crippen LogP contribution in [0.1, 0.15) is 174 Å². The molecule has 61 heavy (non-hydrogen) atoms. The zero-order valence-corrected chi connectivity index (χ0v) is 38.9. The maximum absolute atomic E-state index is 12.4. The molecule has 0 bridgehead atoms. The van der Waals surface area contributed by atoms with Crippen LogP contribution in [-0.4, -0.2) is 34.9 Å². The molecule has 4 nitrogen and oxygen atoms in total. The molecule has 0 rings (SSSR count). The summed E-state index contributed by atoms with van der Waals surface area (Å²) < 4.78 is 0. The van der Waals surface area contributed by atoms with Gasteiger partial charge in [-0.2, -0.15) is 0 Å². The Morgan fingerprint density at radius 3 is 1.08 bits per heavy atom. The van der Waals surface area contributed by atoms with Gasteiger partial charge in [0, 0.05) is 6.42 Å². The van der Waals surface area contributed by atoms with Crippen LogP contribution in [-0.2, 0) is 4.79 Å². The van der Waals surface area contributed by atoms with Crippen molar-refractivity contribution in [3.05, 3.63) is 158 Å². The zero-order valence-electron chi connectivity index (χ0n) is 38.9. The average Bonchev–Trinajstić information content (AvgIpc) is 3.26. The molecule has 2 unspecified atom stereocenters. The van der Waals surface area contributed by atoms with Crippen LogP contribution in [0, 0.1) is 0 Å². The van der Waals surface area contributed by atoms with E-state index in [0.717, 1.165) is 122 Å². The maximum Gasteiger partial charge on any atom is 0.220 e. The Morgan fingerprint density at radius 2 is 0.689 bits per heavy atom. The van der Waals surface area contributed by atoms with Crippen molar-refractivity contribution in [3.8, 4) is 0 Å². The molecule has 0 aromatic heterocycles. The minimum atomic E-state index is -0.882. The van der Waals surface area contributed by atoms with Crippen molar-refractivity contribution in [3.63, 3.8) is 0 Å². The van der Waals surface area contributed by atoms with E-state index in [4.69, 9.17) is 0 Å². The van der Waals surface area contributed by atoms with Gasteiger partial charge in [0.05, 0.1) is 18.8 Å². The fourth-order valence-corrected chi connectivity index (χ4v) is 6.12. The minimum absolute atomic E-state index is 0.0979. The number of carbonyl (C=O) groups excluding carboxylic acids is 1. The lowest BCUT2D eigenvalue weighted by molar-refractivity contribution is -0.123. The Kier molecular flexibility index (Phi) is 47.1. The molecular weight excluding hydrogens is 747 g/mol. The van der Waals surface area contributed by atoms with Crippen LogP contribution in [0.25, 0.3) is 0 Å². The largest absolute Gasteiger partial charge is 0.394 e. The molecule has 0 aliphatic rings. The molecule has 0 radical (unpaired) electrons. The summed E-state index contributed by atoms with van der Waals surface area (Å²) in [4.78, 5) is 12.4. The standard InChI is InChI=1S/C57H89NO3/c1-3-5-7-9-11-13-15-16-17-18-19-20-21-22-23-24-25-26-27-28-29-30-31-32-33-34-35-36-37-38-39-40-41-42-43-45-47-49-51-53-57(61)58-55(54-59)56(60)52-50-48-46-44-14-12-10-8-6-4-2/h5-8,11,13-14,16-17,19-20,22-23,25-26,28-29,31-32,34-35,37-38,44,50,52,55-56,59-60H,3-4,9-10,12,15,18,21,24,27,30,33,36,39-43,45-49,51,53-54H2,1-2H3,(H,58,61)/b7-5-,8-6+,13-11-,17-16-,20-19-,23-22-,26-25-,29-28-,32-31-,35-34-,38-37-,44-14+,52-50+. The van der Waals surface area contributed by atoms with Crippen molar-refractivity contribution in [2.24, 2.45) is 0 Å². The van der Waals surface area contributed by atoms with E-state index >= 15 is 0 Å². The maximum atomic E-state index is 12.4. The van der Waals surface area contributed by atoms with E-state index < -0.39 is 12.1 Å². The SMILES string of the molecule is CC/C=C\C/C=C\C/C=C\C/C=C\C/C=C\C/C=C\C/C=C\C/C=C\C/C=C\C/C=C\CCCCCCCCCCC(=O)NC(CO)C(O)/C=C/CC/C=C/CC/C=C/CC. The van der Waals surface area contributed by atoms with Crippen molar-refractivity contribution in [1.29, 1.82) is 0 Å². The van der Waals surface area contributed by atoms with E-state index in [2.05, 4.69) is 165 Å². The average molecular weight is 836 g/mol. The van der Waals surface area contributed by atoms with Gasteiger partial charge in [-0.25, -0.2) is 0 Å². The van der Waals surface area contributed by atoms with Gasteiger partial charge in [0.15, 0.2) is 0 Å². The highest BCUT2D eigenvalue weighted by Crippen LogP contribution is 2.12. The summed E-state index contributed by atoms with van der Waals surface area (Å²) in [6, 6.07) is -0.659. The van der Waals surface area contributed by atoms with Crippen LogP contribution in [0.3, 0.4) is 0 Å². The van der Waals surface area contributed by atoms with Crippen LogP contribution in [0.5, 0.6) is 0 Å². The van der Waals surface area contributed by atoms with Gasteiger partial charge in [0.2, 0.25) is 5.91 Å². The predicted molar refractivity (Wildman–Crippen MR) is 271 cm³/mol. The van der Waals surface area contributed by atoms with Gasteiger partial charge in [-0.1, -0.05) is 210 Å². The first-order chi connectivity index (χ1) is 30.2. The smallest absolute Gasteiger partial charge is 0.220 e. The summed E-state index contributed by atoms with van der Waals surface area (Å²) >= 11 is 0. The summed E-state index contributed by atoms with van der Waals surface area (Å²) in [6.07, 6.45) is 82.3. The first kappa shape index (κ1) is 57.0. The lowest BCUT2D eigenvalue weighted by Gasteiger charge is -2.19. The minimum Gasteiger partial charge on any atom is -0.394 e. The number of hydrogen-bond donors (Lipinski definition) is 3. The number of nitrogens with one attached hydrogen (secondary N) is 1. The number of allylic oxidation sites excluding steroid dienone is 25. The molecule has 0 saturated carbocycles. The molecular formula is C57H89NO3. The van der Waals surface area contributed by atoms with Crippen LogP contribution < -0.4 is 5.32 Å². The molecule has 0 heterocycles. The molecule has 0 aliphatic heterocycles. The third-order valence-electron chi connectivity index (χ3n) is 9.73. The van der Waals surface area contributed by atoms with Gasteiger partial charge in [-0.3, -0.25) is 4.79 Å². The lowest BCUT2D eigenvalue weighted by Crippen LogP contribution is -2.45. The van der Waals surface area contributed by atoms with Crippen LogP contribution in [0.15, 0.2) is 158 Å². The number of aliphatic hydroxyl groups is 2. The molecule has 1 amide bonds. The predicted octanol–water partition coefficient (Wildman–Crippen LogP) is 15.8. The highest BCUT2D eigenvalue weighted by atomic mass is 16.3. The Balaban J connectivity index is 3.67. The van der Waals surface area contributed by atoms with Crippen molar-refractivity contribution < 1.29 is 15.0 Å². The number of rotatable bonds is 41. The third-order valence-corrected chi connectivity index (χ3v) is 9.73. The van der Waals surface area contributed by atoms with Crippen molar-refractivity contribution >= 4 is 5.91 Å². The Morgan fingerprint density at radius 1 is 0.393 bits per heavy atom. The monoisotopic (exact) mass is 836 g/mol. The van der Waals surface area contributed by atoms with Crippen LogP contribution >= 0.6 is 0 Å². The second-order valence-corrected chi connectivity index (χ2v) is 15.4. The quantitative estimate of drug-likeness (QED) is 0.0424. The fourth-order valence-electron chi connectivity index (χ4n) is 6.12. The molecule has 0 saturated heterocycles. The van der Waals surface area contributed by atoms with Gasteiger partial charge in [0.25, 0.3) is 0 Å². The van der Waals surface area contributed by atoms with Crippen molar-refractivity contribution in [1.82, 2.24) is 5.32 Å². The van der Waals surface area contributed by atoms with Gasteiger partial charge in [0.1, 0.15) is 0 Å². The molecule has 0 aromatic carbocycles. The highest BCUT2D eigenvalue weighted by Gasteiger charge is 2.17. The highest BCUT2D eigenvalue weighted by molar-refractivity contribution is 5.76. The number of aliphatic hydroxyl groups excluding tert-OH is 2. The van der Waals surface area contributed by atoms with E-state index in [1.807, 2.05) is 6.08 Å². The number of unbranched alkanes of at least 4 members (excludes halogenated alkanes) is 10. The van der Waals surface area contributed by atoms with Crippen molar-refractivity contribution in [2.45, 2.75) is 187 Å². The van der Waals surface area contributed by atoms with Gasteiger partial charge in [-0.15, -0.1) is 0 Å². The molecule has 0 aliphatic carbocycles. The Bertz CT molecular complexity index is 1360. The zero-order chi connectivity index (χ0) is 44.2. The van der Waals surface area contributed by atoms with Gasteiger partial charge < -0.3 is 15.5 Å². The van der Waals surface area contributed by atoms with Gasteiger partial charge in [-0.05, 0) is 116 Å². The molecule has 340 valence electrons. The van der Waals surface area contributed by atoms with Crippen molar-refractivity contribution in [2.75, 3.05) is 6.61 Å². The summed E-state index contributed by atoms with van der Waals surface area (Å²) in [5.41, 5.74) is 0. The van der Waals surface area contributed by atoms with E-state index in [1.165, 1.54) is 32.1 Å². The van der Waals surface area contributed by atoms with E-state index in [1.54, 1.807) is 6.08 Å². The van der Waals surface area contributed by atoms with Crippen LogP contribution in [0.4, 0.5) is 0 Å². The summed E-state index contributed by atoms with van der Waals surface area (Å²) in [6.45, 7) is 4.03. The lowest BCUT2D eigenvalue weighted by atomic mass is 10.1. The third kappa shape index (κ3) is 46.9. The number of hydrogen-bond acceptors (Lipinski definition) is 3. The van der Waals surface area contributed by atoms with E-state index in [-0.39, 0.29) is 12.5 Å². The normalized spacial score (nSPS) is 14.4. The molecule has 0 aromatic rings. The fraction of sp³-hybridized carbons (Fsp3) is 0.526. The second-order valence-electron chi connectivity index (χ2n) is 15.4. The number of amides is 1. The van der Waals surface area contributed by atoms with E-state index in [0.29, 0.717) is 6.42 Å². The molecule has 0 spiro atoms. The topological polar surface area (TPSA) is 69.6 Å². The van der Waals surface area contributed by atoms with Gasteiger partial charge >= 0.3 is 0 Å². The first-order valence-corrected chi connectivity index (χ1v) is 24.2. The second kappa shape index (κ2) is 50.4. The summed E-state index contributed by atoms with van der Waals surface area (Å²) in [5.74, 6) is -0.0979. The first-order valence-electron chi connectivity index (χ1n) is 24.2.